The molecule has 0 bridgehead atoms. The highest BCUT2D eigenvalue weighted by Gasteiger charge is 2.43. The average molecular weight is 354 g/mol. The van der Waals surface area contributed by atoms with E-state index in [1.54, 1.807) is 0 Å². The Balaban J connectivity index is 2.08. The highest BCUT2D eigenvalue weighted by atomic mass is 31.2. The van der Waals surface area contributed by atoms with Crippen molar-refractivity contribution in [2.45, 2.75) is 24.5 Å². The second-order valence-corrected chi connectivity index (χ2v) is 5.94. The van der Waals surface area contributed by atoms with Crippen molar-refractivity contribution >= 4 is 13.6 Å². The number of nitrogens with zero attached hydrogens (tertiary/aromatic N) is 1. The predicted octanol–water partition coefficient (Wildman–Crippen LogP) is -3.78. The fourth-order valence-electron chi connectivity index (χ4n) is 1.91. The number of nitrogens with two attached hydrogens (primary N) is 1. The lowest BCUT2D eigenvalue weighted by molar-refractivity contribution is -0.0151. The van der Waals surface area contributed by atoms with Crippen molar-refractivity contribution < 1.29 is 33.8 Å². The topological polar surface area (TPSA) is 209 Å². The first-order chi connectivity index (χ1) is 10.6. The molecule has 1 aromatic rings. The summed E-state index contributed by atoms with van der Waals surface area (Å²) >= 11 is 0. The zero-order valence-electron chi connectivity index (χ0n) is 11.4. The van der Waals surface area contributed by atoms with Gasteiger partial charge in [-0.25, -0.2) is 9.36 Å². The summed E-state index contributed by atoms with van der Waals surface area (Å²) in [6.45, 7) is -0.679. The normalized spacial score (nSPS) is 28.0. The smallest absolute Gasteiger partial charge is 0.387 e. The zero-order valence-corrected chi connectivity index (χ0v) is 12.3. The van der Waals surface area contributed by atoms with Gasteiger partial charge in [-0.15, -0.1) is 0 Å². The minimum atomic E-state index is -4.77. The number of H-pyrrole nitrogens is 1. The molecule has 130 valence electrons. The fourth-order valence-corrected chi connectivity index (χ4v) is 2.25. The molecule has 1 aliphatic rings. The molecule has 13 nitrogen and oxygen atoms in total. The van der Waals surface area contributed by atoms with E-state index < -0.39 is 50.2 Å². The van der Waals surface area contributed by atoms with Gasteiger partial charge >= 0.3 is 13.5 Å². The van der Waals surface area contributed by atoms with E-state index in [1.807, 2.05) is 0 Å². The third-order valence-corrected chi connectivity index (χ3v) is 3.52. The molecule has 1 fully saturated rings. The van der Waals surface area contributed by atoms with E-state index in [-0.39, 0.29) is 5.82 Å². The Morgan fingerprint density at radius 1 is 1.39 bits per heavy atom. The van der Waals surface area contributed by atoms with Crippen LogP contribution in [0.15, 0.2) is 15.7 Å². The molecule has 0 radical (unpaired) electrons. The van der Waals surface area contributed by atoms with Crippen LogP contribution in [0.25, 0.3) is 0 Å². The van der Waals surface area contributed by atoms with Gasteiger partial charge in [0.05, 0.1) is 6.61 Å². The van der Waals surface area contributed by atoms with Crippen LogP contribution >= 0.6 is 7.82 Å². The summed E-state index contributed by atoms with van der Waals surface area (Å²) in [6, 6.07) is 0.920. The maximum atomic E-state index is 11.4. The average Bonchev–Trinajstić information content (AvgIpc) is 2.70. The predicted molar refractivity (Wildman–Crippen MR) is 73.8 cm³/mol. The summed E-state index contributed by atoms with van der Waals surface area (Å²) in [5.41, 5.74) is -1.75. The fraction of sp³-hybridized carbons (Fsp3) is 0.556. The molecule has 1 saturated heterocycles. The van der Waals surface area contributed by atoms with Crippen molar-refractivity contribution in [2.24, 2.45) is 0 Å². The number of aliphatic hydroxyl groups is 2. The first kappa shape index (κ1) is 17.6. The van der Waals surface area contributed by atoms with Crippen LogP contribution in [-0.2, 0) is 13.8 Å². The Morgan fingerprint density at radius 3 is 2.61 bits per heavy atom. The van der Waals surface area contributed by atoms with Gasteiger partial charge in [0.25, 0.3) is 5.56 Å². The number of aromatic nitrogens is 2. The van der Waals surface area contributed by atoms with Crippen molar-refractivity contribution in [3.63, 3.8) is 0 Å². The Labute approximate surface area is 127 Å². The highest BCUT2D eigenvalue weighted by Crippen LogP contribution is 2.37. The van der Waals surface area contributed by atoms with Gasteiger partial charge in [0, 0.05) is 6.07 Å². The molecular formula is C9H15N4O9P. The molecule has 2 rings (SSSR count). The van der Waals surface area contributed by atoms with E-state index >= 15 is 0 Å². The van der Waals surface area contributed by atoms with E-state index in [4.69, 9.17) is 20.4 Å². The van der Waals surface area contributed by atoms with Crippen LogP contribution in [0.1, 0.15) is 0 Å². The maximum absolute atomic E-state index is 11.4. The Hall–Kier alpha value is -1.73. The number of hydrogen-bond acceptors (Lipinski definition) is 9. The van der Waals surface area contributed by atoms with Crippen molar-refractivity contribution in [2.75, 3.05) is 17.8 Å². The number of nitrogens with one attached hydrogen (secondary N) is 2. The summed E-state index contributed by atoms with van der Waals surface area (Å²) in [6.07, 6.45) is -5.53. The molecule has 1 aromatic heterocycles. The zero-order chi connectivity index (χ0) is 17.4. The molecule has 1 aliphatic heterocycles. The molecule has 0 aromatic carbocycles. The summed E-state index contributed by atoms with van der Waals surface area (Å²) in [5.74, 6) is 5.00. The van der Waals surface area contributed by atoms with Gasteiger partial charge in [0.15, 0.2) is 6.23 Å². The largest absolute Gasteiger partial charge is 0.469 e. The number of aliphatic hydroxyl groups excluding tert-OH is 2. The molecule has 23 heavy (non-hydrogen) atoms. The van der Waals surface area contributed by atoms with Crippen molar-refractivity contribution in [1.29, 1.82) is 0 Å². The van der Waals surface area contributed by atoms with Crippen LogP contribution in [0, 0.1) is 0 Å². The second kappa shape index (κ2) is 6.41. The number of anilines is 1. The number of rotatable bonds is 5. The van der Waals surface area contributed by atoms with Gasteiger partial charge < -0.3 is 35.9 Å². The monoisotopic (exact) mass is 354 g/mol. The van der Waals surface area contributed by atoms with Crippen molar-refractivity contribution in [1.82, 2.24) is 9.66 Å². The number of nitrogen functional groups attached to an aromatic ring is 1. The van der Waals surface area contributed by atoms with E-state index in [0.29, 0.717) is 4.68 Å². The van der Waals surface area contributed by atoms with Gasteiger partial charge in [0.2, 0.25) is 0 Å². The molecule has 2 heterocycles. The van der Waals surface area contributed by atoms with E-state index in [9.17, 15) is 24.4 Å². The number of phosphoric ester groups is 1. The van der Waals surface area contributed by atoms with Crippen LogP contribution < -0.4 is 22.4 Å². The number of hydrogen-bond donors (Lipinski definition) is 7. The van der Waals surface area contributed by atoms with E-state index in [0.717, 1.165) is 6.07 Å². The molecule has 4 atom stereocenters. The van der Waals surface area contributed by atoms with Crippen LogP contribution in [0.5, 0.6) is 0 Å². The van der Waals surface area contributed by atoms with E-state index in [1.165, 1.54) is 0 Å². The number of aromatic amines is 1. The maximum Gasteiger partial charge on any atom is 0.469 e. The number of ether oxygens (including phenoxy) is 1. The first-order valence-electron chi connectivity index (χ1n) is 6.18. The standard InChI is InChI=1S/C9H15N4O9P/c10-13-5(14)1-4(12-9(13)17)11-8-7(16)6(15)3(22-8)2-21-23(18,19)20/h1,3,6-8,11,15-16H,2,10H2,(H,12,17)(H2,18,19,20)/t3-,6-,7-,8?/m1/s1. The van der Waals surface area contributed by atoms with E-state index in [2.05, 4.69) is 14.8 Å². The van der Waals surface area contributed by atoms with Crippen LogP contribution in [0.4, 0.5) is 5.82 Å². The molecular weight excluding hydrogens is 339 g/mol. The lowest BCUT2D eigenvalue weighted by atomic mass is 10.1. The lowest BCUT2D eigenvalue weighted by Crippen LogP contribution is -2.42. The molecule has 0 saturated carbocycles. The molecule has 0 amide bonds. The van der Waals surface area contributed by atoms with Crippen LogP contribution in [0.3, 0.4) is 0 Å². The Kier molecular flexibility index (Phi) is 4.91. The lowest BCUT2D eigenvalue weighted by Gasteiger charge is -2.17. The summed E-state index contributed by atoms with van der Waals surface area (Å²) in [7, 11) is -4.77. The number of phosphoric acid groups is 1. The molecule has 8 N–H and O–H groups in total. The van der Waals surface area contributed by atoms with Crippen LogP contribution in [0.2, 0.25) is 0 Å². The van der Waals surface area contributed by atoms with Gasteiger partial charge in [0.1, 0.15) is 24.1 Å². The molecule has 0 spiro atoms. The summed E-state index contributed by atoms with van der Waals surface area (Å²) in [4.78, 5) is 42.1. The minimum Gasteiger partial charge on any atom is -0.387 e. The SMILES string of the molecule is Nn1c(=O)cc(NC2O[C@H](COP(=O)(O)O)[C@@H](O)[C@H]2O)[nH]c1=O. The van der Waals surface area contributed by atoms with Gasteiger partial charge in [-0.05, 0) is 0 Å². The quantitative estimate of drug-likeness (QED) is 0.201. The molecule has 1 unspecified atom stereocenters. The molecule has 0 aliphatic carbocycles. The van der Waals surface area contributed by atoms with Gasteiger partial charge in [-0.1, -0.05) is 0 Å². The van der Waals surface area contributed by atoms with Crippen molar-refractivity contribution in [3.8, 4) is 0 Å². The van der Waals surface area contributed by atoms with Crippen molar-refractivity contribution in [3.05, 3.63) is 26.9 Å². The third kappa shape index (κ3) is 4.17. The minimum absolute atomic E-state index is 0.130. The second-order valence-electron chi connectivity index (χ2n) is 4.70. The van der Waals surface area contributed by atoms with Crippen LogP contribution in [-0.4, -0.2) is 60.8 Å². The highest BCUT2D eigenvalue weighted by molar-refractivity contribution is 7.46. The Bertz CT molecular complexity index is 695. The summed E-state index contributed by atoms with van der Waals surface area (Å²) in [5, 5.41) is 22.0. The third-order valence-electron chi connectivity index (χ3n) is 3.03. The van der Waals surface area contributed by atoms with Gasteiger partial charge in [-0.3, -0.25) is 14.3 Å². The Morgan fingerprint density at radius 2 is 2.04 bits per heavy atom. The molecule has 14 heteroatoms. The van der Waals surface area contributed by atoms with Gasteiger partial charge in [-0.2, -0.15) is 4.68 Å². The summed E-state index contributed by atoms with van der Waals surface area (Å²) < 4.78 is 20.3. The first-order valence-corrected chi connectivity index (χ1v) is 7.71.